The van der Waals surface area contributed by atoms with Crippen LogP contribution in [0.4, 0.5) is 0 Å². The third-order valence-electron chi connectivity index (χ3n) is 6.89. The Labute approximate surface area is 205 Å². The summed E-state index contributed by atoms with van der Waals surface area (Å²) >= 11 is 0. The fourth-order valence-corrected chi connectivity index (χ4v) is 5.14. The zero-order valence-corrected chi connectivity index (χ0v) is 21.0. The molecule has 0 aliphatic heterocycles. The van der Waals surface area contributed by atoms with Crippen LogP contribution in [0.15, 0.2) is 72.8 Å². The molecule has 1 aliphatic rings. The van der Waals surface area contributed by atoms with Crippen molar-refractivity contribution in [2.45, 2.75) is 65.5 Å². The number of hydrogen-bond acceptors (Lipinski definition) is 4. The van der Waals surface area contributed by atoms with Gasteiger partial charge in [-0.15, -0.1) is 5.92 Å². The standard InChI is InChI=1S/C30H38O4/c1-6-18-29(5)28(33-22-31-20-26-13-9-7-10-14-26)25(4)17-19-30(29,24(2)3)34-23-32-21-27-15-11-8-12-16-27/h7-16,25,28H,2,17,19-23H2,1,3-5H3. The Morgan fingerprint density at radius 2 is 1.53 bits per heavy atom. The molecule has 0 heterocycles. The van der Waals surface area contributed by atoms with Crippen molar-refractivity contribution < 1.29 is 18.9 Å². The van der Waals surface area contributed by atoms with Crippen LogP contribution in [0.5, 0.6) is 0 Å². The summed E-state index contributed by atoms with van der Waals surface area (Å²) in [5, 5.41) is 0. The first-order chi connectivity index (χ1) is 16.4. The van der Waals surface area contributed by atoms with Crippen molar-refractivity contribution in [2.24, 2.45) is 11.3 Å². The lowest BCUT2D eigenvalue weighted by Gasteiger charge is -2.55. The van der Waals surface area contributed by atoms with Gasteiger partial charge in [-0.2, -0.15) is 0 Å². The van der Waals surface area contributed by atoms with Gasteiger partial charge in [0.25, 0.3) is 0 Å². The summed E-state index contributed by atoms with van der Waals surface area (Å²) in [6.07, 6.45) is 1.58. The van der Waals surface area contributed by atoms with Gasteiger partial charge in [0.1, 0.15) is 19.2 Å². The van der Waals surface area contributed by atoms with E-state index >= 15 is 0 Å². The Morgan fingerprint density at radius 1 is 0.971 bits per heavy atom. The molecule has 1 fully saturated rings. The number of rotatable bonds is 11. The van der Waals surface area contributed by atoms with Gasteiger partial charge in [-0.1, -0.05) is 80.1 Å². The molecule has 4 unspecified atom stereocenters. The van der Waals surface area contributed by atoms with E-state index in [1.165, 1.54) is 0 Å². The molecule has 4 nitrogen and oxygen atoms in total. The van der Waals surface area contributed by atoms with Crippen molar-refractivity contribution in [3.8, 4) is 11.8 Å². The molecular formula is C30H38O4. The molecule has 0 N–H and O–H groups in total. The van der Waals surface area contributed by atoms with Crippen LogP contribution in [-0.2, 0) is 32.2 Å². The number of benzene rings is 2. The molecule has 1 aliphatic carbocycles. The first kappa shape index (κ1) is 26.2. The van der Waals surface area contributed by atoms with Crippen LogP contribution in [0, 0.1) is 23.2 Å². The molecule has 0 amide bonds. The van der Waals surface area contributed by atoms with E-state index in [9.17, 15) is 0 Å². The molecular weight excluding hydrogens is 424 g/mol. The molecule has 0 bridgehead atoms. The molecule has 182 valence electrons. The number of ether oxygens (including phenoxy) is 4. The topological polar surface area (TPSA) is 36.9 Å². The normalized spacial score (nSPS) is 26.5. The fraction of sp³-hybridized carbons (Fsp3) is 0.467. The average molecular weight is 463 g/mol. The molecule has 2 aromatic rings. The van der Waals surface area contributed by atoms with Gasteiger partial charge in [0.2, 0.25) is 0 Å². The smallest absolute Gasteiger partial charge is 0.148 e. The molecule has 4 atom stereocenters. The SMILES string of the molecule is C=C(C)C1(OCOCc2ccccc2)CCC(C)C(OCOCc2ccccc2)C1(C)C#CC. The maximum absolute atomic E-state index is 6.53. The van der Waals surface area contributed by atoms with Gasteiger partial charge in [0.05, 0.1) is 24.7 Å². The fourth-order valence-electron chi connectivity index (χ4n) is 5.14. The average Bonchev–Trinajstić information content (AvgIpc) is 2.84. The molecule has 1 saturated carbocycles. The van der Waals surface area contributed by atoms with Crippen LogP contribution in [0.3, 0.4) is 0 Å². The summed E-state index contributed by atoms with van der Waals surface area (Å²) in [6.45, 7) is 13.9. The quantitative estimate of drug-likeness (QED) is 0.165. The minimum atomic E-state index is -0.677. The summed E-state index contributed by atoms with van der Waals surface area (Å²) in [7, 11) is 0. The zero-order chi connectivity index (χ0) is 24.4. The van der Waals surface area contributed by atoms with Crippen LogP contribution in [-0.4, -0.2) is 25.3 Å². The van der Waals surface area contributed by atoms with Gasteiger partial charge in [-0.3, -0.25) is 0 Å². The highest BCUT2D eigenvalue weighted by Crippen LogP contribution is 2.53. The van der Waals surface area contributed by atoms with Crippen molar-refractivity contribution >= 4 is 0 Å². The summed E-state index contributed by atoms with van der Waals surface area (Å²) in [6, 6.07) is 20.2. The monoisotopic (exact) mass is 462 g/mol. The predicted molar refractivity (Wildman–Crippen MR) is 136 cm³/mol. The summed E-state index contributed by atoms with van der Waals surface area (Å²) < 4.78 is 24.7. The third kappa shape index (κ3) is 5.98. The van der Waals surface area contributed by atoms with E-state index in [0.29, 0.717) is 19.1 Å². The van der Waals surface area contributed by atoms with Gasteiger partial charge in [0.15, 0.2) is 0 Å². The zero-order valence-electron chi connectivity index (χ0n) is 21.0. The Balaban J connectivity index is 1.70. The first-order valence-corrected chi connectivity index (χ1v) is 12.0. The lowest BCUT2D eigenvalue weighted by molar-refractivity contribution is -0.234. The van der Waals surface area contributed by atoms with Crippen molar-refractivity contribution in [2.75, 3.05) is 13.6 Å². The molecule has 34 heavy (non-hydrogen) atoms. The number of hydrogen-bond donors (Lipinski definition) is 0. The molecule has 2 aromatic carbocycles. The van der Waals surface area contributed by atoms with Crippen molar-refractivity contribution in [3.63, 3.8) is 0 Å². The molecule has 0 aromatic heterocycles. The summed E-state index contributed by atoms with van der Waals surface area (Å²) in [5.74, 6) is 6.90. The lowest BCUT2D eigenvalue weighted by atomic mass is 9.57. The van der Waals surface area contributed by atoms with E-state index in [0.717, 1.165) is 29.5 Å². The lowest BCUT2D eigenvalue weighted by Crippen LogP contribution is -2.61. The van der Waals surface area contributed by atoms with Gasteiger partial charge in [-0.05, 0) is 56.2 Å². The van der Waals surface area contributed by atoms with Gasteiger partial charge < -0.3 is 18.9 Å². The van der Waals surface area contributed by atoms with E-state index in [1.807, 2.05) is 74.5 Å². The Bertz CT molecular complexity index is 962. The molecule has 4 heteroatoms. The van der Waals surface area contributed by atoms with E-state index < -0.39 is 11.0 Å². The second kappa shape index (κ2) is 12.3. The van der Waals surface area contributed by atoms with Crippen LogP contribution < -0.4 is 0 Å². The largest absolute Gasteiger partial charge is 0.351 e. The minimum Gasteiger partial charge on any atom is -0.351 e. The molecule has 0 radical (unpaired) electrons. The highest BCUT2D eigenvalue weighted by Gasteiger charge is 2.58. The second-order valence-corrected chi connectivity index (χ2v) is 9.34. The first-order valence-electron chi connectivity index (χ1n) is 12.0. The molecule has 0 saturated heterocycles. The van der Waals surface area contributed by atoms with Crippen LogP contribution in [0.25, 0.3) is 0 Å². The summed E-state index contributed by atoms with van der Waals surface area (Å²) in [5.41, 5.74) is 1.89. The Morgan fingerprint density at radius 3 is 2.06 bits per heavy atom. The highest BCUT2D eigenvalue weighted by molar-refractivity contribution is 5.31. The Hall–Kier alpha value is -2.42. The van der Waals surface area contributed by atoms with Crippen LogP contribution in [0.2, 0.25) is 0 Å². The summed E-state index contributed by atoms with van der Waals surface area (Å²) in [4.78, 5) is 0. The van der Waals surface area contributed by atoms with Gasteiger partial charge in [-0.25, -0.2) is 0 Å². The molecule has 3 rings (SSSR count). The second-order valence-electron chi connectivity index (χ2n) is 9.34. The van der Waals surface area contributed by atoms with E-state index in [-0.39, 0.29) is 19.7 Å². The molecule has 0 spiro atoms. The van der Waals surface area contributed by atoms with Crippen molar-refractivity contribution in [3.05, 3.63) is 83.9 Å². The Kier molecular flexibility index (Phi) is 9.50. The van der Waals surface area contributed by atoms with Crippen LogP contribution >= 0.6 is 0 Å². The highest BCUT2D eigenvalue weighted by atomic mass is 16.7. The minimum absolute atomic E-state index is 0.161. The maximum atomic E-state index is 6.53. The predicted octanol–water partition coefficient (Wildman–Crippen LogP) is 6.51. The van der Waals surface area contributed by atoms with E-state index in [4.69, 9.17) is 18.9 Å². The van der Waals surface area contributed by atoms with Crippen LogP contribution in [0.1, 0.15) is 51.7 Å². The van der Waals surface area contributed by atoms with Crippen molar-refractivity contribution in [1.29, 1.82) is 0 Å². The third-order valence-corrected chi connectivity index (χ3v) is 6.89. The maximum Gasteiger partial charge on any atom is 0.148 e. The van der Waals surface area contributed by atoms with E-state index in [2.05, 4.69) is 32.3 Å². The van der Waals surface area contributed by atoms with E-state index in [1.54, 1.807) is 0 Å². The van der Waals surface area contributed by atoms with Gasteiger partial charge >= 0.3 is 0 Å². The van der Waals surface area contributed by atoms with Crippen molar-refractivity contribution in [1.82, 2.24) is 0 Å². The van der Waals surface area contributed by atoms with Gasteiger partial charge in [0, 0.05) is 0 Å².